The van der Waals surface area contributed by atoms with Crippen LogP contribution in [0, 0.1) is 11.3 Å². The van der Waals surface area contributed by atoms with Gasteiger partial charge in [0, 0.05) is 10.7 Å². The second kappa shape index (κ2) is 4.72. The predicted octanol–water partition coefficient (Wildman–Crippen LogP) is 1.43. The molecule has 0 N–H and O–H groups in total. The molecule has 0 atom stereocenters. The maximum absolute atomic E-state index is 11.0. The Bertz CT molecular complexity index is 398. The predicted molar refractivity (Wildman–Crippen MR) is 52.4 cm³/mol. The molecule has 72 valence electrons. The molecule has 0 radical (unpaired) electrons. The van der Waals surface area contributed by atoms with Crippen molar-refractivity contribution >= 4 is 21.9 Å². The van der Waals surface area contributed by atoms with Crippen LogP contribution in [0.3, 0.4) is 0 Å². The molecule has 0 amide bonds. The number of carbonyl (C=O) groups excluding carboxylic acids is 1. The summed E-state index contributed by atoms with van der Waals surface area (Å²) in [5, 5.41) is 8.56. The zero-order valence-corrected chi connectivity index (χ0v) is 9.04. The Morgan fingerprint density at radius 1 is 1.79 bits per heavy atom. The number of rotatable bonds is 2. The molecule has 1 aromatic heterocycles. The highest BCUT2D eigenvalue weighted by Crippen LogP contribution is 2.17. The van der Waals surface area contributed by atoms with Crippen LogP contribution in [0.4, 0.5) is 0 Å². The molecule has 0 fully saturated rings. The zero-order valence-electron chi connectivity index (χ0n) is 7.45. The minimum Gasteiger partial charge on any atom is -0.469 e. The second-order valence-corrected chi connectivity index (χ2v) is 3.38. The van der Waals surface area contributed by atoms with E-state index in [-0.39, 0.29) is 12.4 Å². The lowest BCUT2D eigenvalue weighted by Gasteiger charge is -2.02. The Morgan fingerprint density at radius 2 is 2.50 bits per heavy atom. The molecule has 14 heavy (non-hydrogen) atoms. The van der Waals surface area contributed by atoms with Crippen LogP contribution >= 0.6 is 15.9 Å². The van der Waals surface area contributed by atoms with Gasteiger partial charge in [-0.1, -0.05) is 15.9 Å². The van der Waals surface area contributed by atoms with Crippen molar-refractivity contribution in [2.24, 2.45) is 0 Å². The van der Waals surface area contributed by atoms with Gasteiger partial charge in [-0.25, -0.2) is 4.98 Å². The van der Waals surface area contributed by atoms with E-state index in [1.807, 2.05) is 6.07 Å². The maximum Gasteiger partial charge on any atom is 0.310 e. The van der Waals surface area contributed by atoms with Crippen molar-refractivity contribution in [1.82, 2.24) is 4.98 Å². The monoisotopic (exact) mass is 254 g/mol. The van der Waals surface area contributed by atoms with Crippen LogP contribution < -0.4 is 0 Å². The van der Waals surface area contributed by atoms with Crippen LogP contribution in [-0.4, -0.2) is 18.1 Å². The molecule has 0 unspecified atom stereocenters. The van der Waals surface area contributed by atoms with Gasteiger partial charge in [0.05, 0.1) is 13.5 Å². The number of carbonyl (C=O) groups is 1. The van der Waals surface area contributed by atoms with Gasteiger partial charge in [0.2, 0.25) is 0 Å². The number of aromatic nitrogens is 1. The van der Waals surface area contributed by atoms with Gasteiger partial charge < -0.3 is 4.74 Å². The number of halogens is 1. The Morgan fingerprint density at radius 3 is 3.00 bits per heavy atom. The van der Waals surface area contributed by atoms with Gasteiger partial charge in [-0.2, -0.15) is 5.26 Å². The standard InChI is InChI=1S/C9H7BrN2O2/c1-14-9(13)2-6-5-12-7(4-11)3-8(6)10/h3,5H,2H2,1H3. The summed E-state index contributed by atoms with van der Waals surface area (Å²) in [6, 6.07) is 3.47. The third kappa shape index (κ3) is 2.54. The molecular weight excluding hydrogens is 248 g/mol. The molecule has 0 aliphatic heterocycles. The largest absolute Gasteiger partial charge is 0.469 e. The van der Waals surface area contributed by atoms with Crippen molar-refractivity contribution in [3.8, 4) is 6.07 Å². The van der Waals surface area contributed by atoms with Crippen LogP contribution in [0.2, 0.25) is 0 Å². The Kier molecular flexibility index (Phi) is 3.60. The molecular formula is C9H7BrN2O2. The summed E-state index contributed by atoms with van der Waals surface area (Å²) in [6.07, 6.45) is 1.63. The molecule has 0 bridgehead atoms. The highest BCUT2D eigenvalue weighted by molar-refractivity contribution is 9.10. The molecule has 0 aliphatic rings. The van der Waals surface area contributed by atoms with E-state index in [4.69, 9.17) is 5.26 Å². The first kappa shape index (κ1) is 10.7. The van der Waals surface area contributed by atoms with Crippen molar-refractivity contribution in [3.05, 3.63) is 28.0 Å². The highest BCUT2D eigenvalue weighted by atomic mass is 79.9. The smallest absolute Gasteiger partial charge is 0.310 e. The van der Waals surface area contributed by atoms with E-state index in [9.17, 15) is 4.79 Å². The summed E-state index contributed by atoms with van der Waals surface area (Å²) in [5.74, 6) is -0.336. The van der Waals surface area contributed by atoms with Crippen LogP contribution in [0.1, 0.15) is 11.3 Å². The van der Waals surface area contributed by atoms with Gasteiger partial charge in [-0.15, -0.1) is 0 Å². The summed E-state index contributed by atoms with van der Waals surface area (Å²) >= 11 is 3.25. The number of ether oxygens (including phenoxy) is 1. The second-order valence-electron chi connectivity index (χ2n) is 2.53. The molecule has 0 spiro atoms. The van der Waals surface area contributed by atoms with Crippen LogP contribution in [0.15, 0.2) is 16.7 Å². The maximum atomic E-state index is 11.0. The number of nitriles is 1. The first-order valence-electron chi connectivity index (χ1n) is 3.78. The number of nitrogens with zero attached hydrogens (tertiary/aromatic N) is 2. The van der Waals surface area contributed by atoms with Crippen LogP contribution in [0.5, 0.6) is 0 Å². The van der Waals surface area contributed by atoms with Crippen molar-refractivity contribution < 1.29 is 9.53 Å². The quantitative estimate of drug-likeness (QED) is 0.750. The SMILES string of the molecule is COC(=O)Cc1cnc(C#N)cc1Br. The Hall–Kier alpha value is -1.41. The minimum atomic E-state index is -0.336. The first-order valence-corrected chi connectivity index (χ1v) is 4.58. The third-order valence-corrected chi connectivity index (χ3v) is 2.34. The van der Waals surface area contributed by atoms with Crippen molar-refractivity contribution in [3.63, 3.8) is 0 Å². The van der Waals surface area contributed by atoms with Gasteiger partial charge >= 0.3 is 5.97 Å². The number of hydrogen-bond donors (Lipinski definition) is 0. The number of esters is 1. The number of hydrogen-bond acceptors (Lipinski definition) is 4. The minimum absolute atomic E-state index is 0.149. The fourth-order valence-electron chi connectivity index (χ4n) is 0.878. The van der Waals surface area contributed by atoms with E-state index in [0.29, 0.717) is 15.7 Å². The normalized spacial score (nSPS) is 9.21. The van der Waals surface area contributed by atoms with E-state index >= 15 is 0 Å². The molecule has 1 aromatic rings. The molecule has 0 saturated heterocycles. The molecule has 5 heteroatoms. The van der Waals surface area contributed by atoms with E-state index in [0.717, 1.165) is 0 Å². The molecule has 0 saturated carbocycles. The van der Waals surface area contributed by atoms with Gasteiger partial charge in [0.1, 0.15) is 11.8 Å². The Balaban J connectivity index is 2.90. The van der Waals surface area contributed by atoms with Crippen molar-refractivity contribution in [1.29, 1.82) is 5.26 Å². The van der Waals surface area contributed by atoms with Crippen molar-refractivity contribution in [2.75, 3.05) is 7.11 Å². The van der Waals surface area contributed by atoms with E-state index in [1.54, 1.807) is 6.07 Å². The number of pyridine rings is 1. The van der Waals surface area contributed by atoms with Crippen LogP contribution in [-0.2, 0) is 16.0 Å². The average molecular weight is 255 g/mol. The van der Waals surface area contributed by atoms with Gasteiger partial charge in [-0.05, 0) is 11.6 Å². The Labute approximate surface area is 89.6 Å². The third-order valence-electron chi connectivity index (χ3n) is 1.61. The summed E-state index contributed by atoms with van der Waals surface area (Å²) < 4.78 is 5.20. The average Bonchev–Trinajstić information content (AvgIpc) is 2.20. The lowest BCUT2D eigenvalue weighted by Crippen LogP contribution is -2.05. The summed E-state index contributed by atoms with van der Waals surface area (Å²) in [6.45, 7) is 0. The molecule has 1 heterocycles. The van der Waals surface area contributed by atoms with Gasteiger partial charge in [-0.3, -0.25) is 4.79 Å². The summed E-state index contributed by atoms with van der Waals surface area (Å²) in [5.41, 5.74) is 1.02. The van der Waals surface area contributed by atoms with Crippen molar-refractivity contribution in [2.45, 2.75) is 6.42 Å². The molecule has 4 nitrogen and oxygen atoms in total. The van der Waals surface area contributed by atoms with Gasteiger partial charge in [0.25, 0.3) is 0 Å². The van der Waals surface area contributed by atoms with Crippen LogP contribution in [0.25, 0.3) is 0 Å². The molecule has 0 aromatic carbocycles. The lowest BCUT2D eigenvalue weighted by atomic mass is 10.2. The fraction of sp³-hybridized carbons (Fsp3) is 0.222. The topological polar surface area (TPSA) is 63.0 Å². The summed E-state index contributed by atoms with van der Waals surface area (Å²) in [7, 11) is 1.33. The molecule has 1 rings (SSSR count). The van der Waals surface area contributed by atoms with E-state index in [1.165, 1.54) is 13.3 Å². The van der Waals surface area contributed by atoms with E-state index < -0.39 is 0 Å². The van der Waals surface area contributed by atoms with E-state index in [2.05, 4.69) is 25.7 Å². The highest BCUT2D eigenvalue weighted by Gasteiger charge is 2.07. The summed E-state index contributed by atoms with van der Waals surface area (Å²) in [4.78, 5) is 14.8. The first-order chi connectivity index (χ1) is 6.67. The zero-order chi connectivity index (χ0) is 10.6. The molecule has 0 aliphatic carbocycles. The fourth-order valence-corrected chi connectivity index (χ4v) is 1.34. The van der Waals surface area contributed by atoms with Gasteiger partial charge in [0.15, 0.2) is 0 Å². The lowest BCUT2D eigenvalue weighted by molar-refractivity contribution is -0.139. The number of methoxy groups -OCH3 is 1.